The molecule has 0 rings (SSSR count). The number of ether oxygens (including phenoxy) is 1. The molecule has 0 aromatic rings. The molecule has 5 unspecified atom stereocenters. The summed E-state index contributed by atoms with van der Waals surface area (Å²) in [5.74, 6) is 4.05. The molecule has 5 N–H and O–H groups in total. The largest absolute Gasteiger partial charge is 0.379 e. The van der Waals surface area contributed by atoms with E-state index < -0.39 is 24.2 Å². The van der Waals surface area contributed by atoms with Crippen LogP contribution in [0.3, 0.4) is 0 Å². The molecular formula is C32H64N6O6. The number of likely N-dealkylation sites (N-methyl/N-ethyl adjacent to an activating group) is 1. The minimum absolute atomic E-state index is 0.0110. The second kappa shape index (κ2) is 21.5. The first-order chi connectivity index (χ1) is 20.6. The van der Waals surface area contributed by atoms with E-state index >= 15 is 0 Å². The average Bonchev–Trinajstić information content (AvgIpc) is 2.98. The van der Waals surface area contributed by atoms with Crippen LogP contribution in [0.5, 0.6) is 0 Å². The summed E-state index contributed by atoms with van der Waals surface area (Å²) >= 11 is 0. The first kappa shape index (κ1) is 41.7. The minimum Gasteiger partial charge on any atom is -0.379 e. The van der Waals surface area contributed by atoms with E-state index in [-0.39, 0.29) is 66.4 Å². The highest BCUT2D eigenvalue weighted by Crippen LogP contribution is 2.25. The number of methoxy groups -OCH3 is 1. The zero-order valence-corrected chi connectivity index (χ0v) is 29.6. The van der Waals surface area contributed by atoms with Crippen molar-refractivity contribution >= 4 is 23.6 Å². The van der Waals surface area contributed by atoms with E-state index in [4.69, 9.17) is 10.6 Å². The van der Waals surface area contributed by atoms with E-state index in [0.717, 1.165) is 12.8 Å². The van der Waals surface area contributed by atoms with Crippen LogP contribution >= 0.6 is 0 Å². The first-order valence-electron chi connectivity index (χ1n) is 16.3. The van der Waals surface area contributed by atoms with Crippen molar-refractivity contribution in [1.29, 1.82) is 0 Å². The predicted molar refractivity (Wildman–Crippen MR) is 174 cm³/mol. The molecule has 44 heavy (non-hydrogen) atoms. The molecule has 0 aliphatic carbocycles. The van der Waals surface area contributed by atoms with Gasteiger partial charge in [0.15, 0.2) is 0 Å². The lowest BCUT2D eigenvalue weighted by Crippen LogP contribution is -2.60. The van der Waals surface area contributed by atoms with Crippen LogP contribution in [-0.4, -0.2) is 105 Å². The summed E-state index contributed by atoms with van der Waals surface area (Å²) in [7, 11) is 4.91. The number of hydrogen-bond acceptors (Lipinski definition) is 8. The molecule has 0 aliphatic heterocycles. The maximum absolute atomic E-state index is 14.1. The number of nitrogens with one attached hydrogen (secondary N) is 3. The number of nitrogens with zero attached hydrogens (tertiary/aromatic N) is 2. The third kappa shape index (κ3) is 13.0. The maximum Gasteiger partial charge on any atom is 0.245 e. The van der Waals surface area contributed by atoms with Gasteiger partial charge in [-0.2, -0.15) is 0 Å². The zero-order chi connectivity index (χ0) is 34.1. The van der Waals surface area contributed by atoms with E-state index in [1.807, 2.05) is 67.2 Å². The lowest BCUT2D eigenvalue weighted by atomic mass is 9.89. The summed E-state index contributed by atoms with van der Waals surface area (Å²) in [6.07, 6.45) is 1.59. The van der Waals surface area contributed by atoms with E-state index in [2.05, 4.69) is 20.8 Å². The molecule has 0 bridgehead atoms. The summed E-state index contributed by atoms with van der Waals surface area (Å²) in [6, 6.07) is -1.86. The topological polar surface area (TPSA) is 155 Å². The lowest BCUT2D eigenvalue weighted by molar-refractivity contribution is -0.146. The highest BCUT2D eigenvalue weighted by atomic mass is 16.6. The molecule has 0 aromatic heterocycles. The molecule has 7 atom stereocenters. The maximum atomic E-state index is 14.1. The van der Waals surface area contributed by atoms with Crippen LogP contribution in [0, 0.1) is 23.7 Å². The SMILES string of the molecule is CCCN(C(=O)CC(OC)[C@H](C(C)CC)N(C)C(=O)[C@@H](NC(=O)C(NCCON)C(C)C)C(C)C)C(C)CC(C)C(=O)NC. The summed E-state index contributed by atoms with van der Waals surface area (Å²) in [6.45, 7) is 18.8. The van der Waals surface area contributed by atoms with Gasteiger partial charge in [0, 0.05) is 46.3 Å². The molecule has 0 heterocycles. The quantitative estimate of drug-likeness (QED) is 0.105. The lowest BCUT2D eigenvalue weighted by Gasteiger charge is -2.41. The second-order valence-corrected chi connectivity index (χ2v) is 12.8. The van der Waals surface area contributed by atoms with Gasteiger partial charge in [0.1, 0.15) is 6.04 Å². The van der Waals surface area contributed by atoms with Crippen LogP contribution in [0.1, 0.15) is 88.0 Å². The van der Waals surface area contributed by atoms with Crippen LogP contribution < -0.4 is 21.8 Å². The third-order valence-electron chi connectivity index (χ3n) is 8.55. The molecule has 4 amide bonds. The number of carbonyl (C=O) groups excluding carboxylic acids is 4. The Morgan fingerprint density at radius 2 is 1.50 bits per heavy atom. The zero-order valence-electron chi connectivity index (χ0n) is 29.6. The van der Waals surface area contributed by atoms with Crippen LogP contribution in [-0.2, 0) is 28.8 Å². The molecule has 0 aliphatic rings. The fourth-order valence-electron chi connectivity index (χ4n) is 5.72. The monoisotopic (exact) mass is 628 g/mol. The van der Waals surface area contributed by atoms with E-state index in [1.54, 1.807) is 26.1 Å². The Labute approximate surface area is 266 Å². The molecule has 12 heteroatoms. The number of amides is 4. The molecule has 0 saturated heterocycles. The standard InChI is InChI=1S/C32H64N6O6/c1-13-16-38(24(9)18-23(8)30(40)34-10)26(39)19-25(43-12)29(22(7)14-2)37(11)32(42)28(21(5)6)36-31(41)27(20(3)4)35-15-17-44-33/h20-25,27-29,35H,13-19,33H2,1-12H3,(H,34,40)(H,36,41)/t22?,23?,24?,25?,27?,28-,29-/m0/s1. The summed E-state index contributed by atoms with van der Waals surface area (Å²) in [4.78, 5) is 61.4. The molecule has 0 aromatic carbocycles. The number of hydrogen-bond donors (Lipinski definition) is 4. The molecular weight excluding hydrogens is 564 g/mol. The van der Waals surface area contributed by atoms with Crippen molar-refractivity contribution in [2.24, 2.45) is 29.6 Å². The minimum atomic E-state index is -0.774. The third-order valence-corrected chi connectivity index (χ3v) is 8.55. The van der Waals surface area contributed by atoms with Gasteiger partial charge in [-0.3, -0.25) is 19.2 Å². The summed E-state index contributed by atoms with van der Waals surface area (Å²) in [5.41, 5.74) is 0. The van der Waals surface area contributed by atoms with Crippen molar-refractivity contribution < 1.29 is 28.8 Å². The fourth-order valence-corrected chi connectivity index (χ4v) is 5.72. The van der Waals surface area contributed by atoms with Gasteiger partial charge in [-0.15, -0.1) is 0 Å². The van der Waals surface area contributed by atoms with Gasteiger partial charge in [-0.25, -0.2) is 5.90 Å². The predicted octanol–water partition coefficient (Wildman–Crippen LogP) is 2.31. The fraction of sp³-hybridized carbons (Fsp3) is 0.875. The van der Waals surface area contributed by atoms with E-state index in [9.17, 15) is 19.2 Å². The van der Waals surface area contributed by atoms with Crippen molar-refractivity contribution in [3.05, 3.63) is 0 Å². The summed E-state index contributed by atoms with van der Waals surface area (Å²) in [5, 5.41) is 8.82. The van der Waals surface area contributed by atoms with Gasteiger partial charge < -0.3 is 35.3 Å². The van der Waals surface area contributed by atoms with Crippen molar-refractivity contribution in [2.75, 3.05) is 40.9 Å². The van der Waals surface area contributed by atoms with Crippen LogP contribution in [0.15, 0.2) is 0 Å². The van der Waals surface area contributed by atoms with Gasteiger partial charge in [0.05, 0.1) is 31.2 Å². The van der Waals surface area contributed by atoms with E-state index in [1.165, 1.54) is 0 Å². The van der Waals surface area contributed by atoms with Gasteiger partial charge in [-0.1, -0.05) is 61.8 Å². The van der Waals surface area contributed by atoms with Crippen molar-refractivity contribution in [2.45, 2.75) is 118 Å². The van der Waals surface area contributed by atoms with Gasteiger partial charge in [0.25, 0.3) is 0 Å². The Kier molecular flexibility index (Phi) is 20.3. The first-order valence-corrected chi connectivity index (χ1v) is 16.3. The number of rotatable bonds is 22. The molecule has 0 radical (unpaired) electrons. The van der Waals surface area contributed by atoms with E-state index in [0.29, 0.717) is 19.5 Å². The Balaban J connectivity index is 6.10. The van der Waals surface area contributed by atoms with Gasteiger partial charge in [-0.05, 0) is 37.5 Å². The summed E-state index contributed by atoms with van der Waals surface area (Å²) < 4.78 is 5.94. The van der Waals surface area contributed by atoms with Gasteiger partial charge >= 0.3 is 0 Å². The highest BCUT2D eigenvalue weighted by Gasteiger charge is 2.39. The highest BCUT2D eigenvalue weighted by molar-refractivity contribution is 5.90. The molecule has 0 spiro atoms. The Morgan fingerprint density at radius 1 is 0.909 bits per heavy atom. The van der Waals surface area contributed by atoms with Gasteiger partial charge in [0.2, 0.25) is 23.6 Å². The van der Waals surface area contributed by atoms with Crippen molar-refractivity contribution in [3.8, 4) is 0 Å². The average molecular weight is 629 g/mol. The van der Waals surface area contributed by atoms with Crippen molar-refractivity contribution in [1.82, 2.24) is 25.8 Å². The molecule has 0 fully saturated rings. The van der Waals surface area contributed by atoms with Crippen molar-refractivity contribution in [3.63, 3.8) is 0 Å². The Morgan fingerprint density at radius 3 is 1.95 bits per heavy atom. The molecule has 0 saturated carbocycles. The second-order valence-electron chi connectivity index (χ2n) is 12.8. The normalized spacial score (nSPS) is 16.4. The Bertz CT molecular complexity index is 872. The Hall–Kier alpha value is -2.28. The van der Waals surface area contributed by atoms with Crippen LogP contribution in [0.25, 0.3) is 0 Å². The van der Waals surface area contributed by atoms with Crippen LogP contribution in [0.4, 0.5) is 0 Å². The number of carbonyl (C=O) groups is 4. The smallest absolute Gasteiger partial charge is 0.245 e. The molecule has 258 valence electrons. The number of nitrogens with two attached hydrogens (primary N) is 1. The molecule has 12 nitrogen and oxygen atoms in total. The van der Waals surface area contributed by atoms with Crippen LogP contribution in [0.2, 0.25) is 0 Å².